The molecule has 1 saturated heterocycles. The second-order valence-corrected chi connectivity index (χ2v) is 6.36. The Hall–Kier alpha value is -1.92. The molecule has 1 unspecified atom stereocenters. The van der Waals surface area contributed by atoms with Gasteiger partial charge in [-0.1, -0.05) is 12.1 Å². The first-order valence-electron chi connectivity index (χ1n) is 9.23. The predicted octanol–water partition coefficient (Wildman–Crippen LogP) is 3.06. The van der Waals surface area contributed by atoms with Crippen molar-refractivity contribution in [3.63, 3.8) is 0 Å². The van der Waals surface area contributed by atoms with Gasteiger partial charge in [0.25, 0.3) is 0 Å². The van der Waals surface area contributed by atoms with Gasteiger partial charge in [-0.3, -0.25) is 9.59 Å². The molecule has 1 aromatic carbocycles. The number of ketones is 1. The van der Waals surface area contributed by atoms with Crippen LogP contribution in [-0.4, -0.2) is 44.5 Å². The van der Waals surface area contributed by atoms with Gasteiger partial charge < -0.3 is 18.9 Å². The molecule has 1 atom stereocenters. The van der Waals surface area contributed by atoms with Crippen molar-refractivity contribution in [2.75, 3.05) is 26.4 Å². The molecule has 6 heteroatoms. The molecule has 0 saturated carbocycles. The molecule has 0 spiro atoms. The summed E-state index contributed by atoms with van der Waals surface area (Å²) in [6, 6.07) is 7.85. The van der Waals surface area contributed by atoms with E-state index in [0.717, 1.165) is 38.0 Å². The van der Waals surface area contributed by atoms with Gasteiger partial charge in [0.05, 0.1) is 6.61 Å². The van der Waals surface area contributed by atoms with Crippen LogP contribution in [0, 0.1) is 0 Å². The number of hydrogen-bond acceptors (Lipinski definition) is 6. The smallest absolute Gasteiger partial charge is 0.313 e. The zero-order valence-corrected chi connectivity index (χ0v) is 15.4. The Labute approximate surface area is 154 Å². The summed E-state index contributed by atoms with van der Waals surface area (Å²) < 4.78 is 21.7. The fourth-order valence-corrected chi connectivity index (χ4v) is 2.66. The van der Waals surface area contributed by atoms with E-state index < -0.39 is 5.97 Å². The Bertz CT molecular complexity index is 548. The maximum atomic E-state index is 11.2. The Balaban J connectivity index is 1.55. The molecular weight excluding hydrogens is 336 g/mol. The third-order valence-corrected chi connectivity index (χ3v) is 3.98. The number of hydrogen-bond donors (Lipinski definition) is 0. The zero-order chi connectivity index (χ0) is 18.6. The second-order valence-electron chi connectivity index (χ2n) is 6.36. The summed E-state index contributed by atoms with van der Waals surface area (Å²) >= 11 is 0. The molecule has 0 aromatic heterocycles. The van der Waals surface area contributed by atoms with Crippen LogP contribution in [0.2, 0.25) is 0 Å². The lowest BCUT2D eigenvalue weighted by atomic mass is 10.1. The van der Waals surface area contributed by atoms with Crippen molar-refractivity contribution in [3.05, 3.63) is 29.8 Å². The van der Waals surface area contributed by atoms with E-state index in [1.165, 1.54) is 18.9 Å². The largest absolute Gasteiger partial charge is 0.490 e. The van der Waals surface area contributed by atoms with Crippen LogP contribution in [0.4, 0.5) is 0 Å². The predicted molar refractivity (Wildman–Crippen MR) is 96.1 cm³/mol. The van der Waals surface area contributed by atoms with E-state index in [1.807, 2.05) is 24.3 Å². The Kier molecular flexibility index (Phi) is 9.14. The summed E-state index contributed by atoms with van der Waals surface area (Å²) in [6.45, 7) is 3.26. The highest BCUT2D eigenvalue weighted by molar-refractivity contribution is 5.94. The molecule has 1 aliphatic rings. The summed E-state index contributed by atoms with van der Waals surface area (Å²) in [4.78, 5) is 22.0. The van der Waals surface area contributed by atoms with E-state index in [4.69, 9.17) is 18.9 Å². The molecule has 1 aromatic rings. The molecule has 1 heterocycles. The summed E-state index contributed by atoms with van der Waals surface area (Å²) in [7, 11) is 0. The molecular formula is C20H28O6. The fourth-order valence-electron chi connectivity index (χ4n) is 2.66. The highest BCUT2D eigenvalue weighted by Crippen LogP contribution is 2.16. The highest BCUT2D eigenvalue weighted by Gasteiger charge is 2.13. The summed E-state index contributed by atoms with van der Waals surface area (Å²) in [5.41, 5.74) is 1.22. The third kappa shape index (κ3) is 8.45. The van der Waals surface area contributed by atoms with E-state index >= 15 is 0 Å². The van der Waals surface area contributed by atoms with Gasteiger partial charge in [0.2, 0.25) is 0 Å². The molecule has 0 N–H and O–H groups in total. The number of carbonyl (C=O) groups is 2. The zero-order valence-electron chi connectivity index (χ0n) is 15.4. The first kappa shape index (κ1) is 20.4. The number of aryl methyl sites for hydroxylation is 1. The molecule has 0 radical (unpaired) electrons. The second kappa shape index (κ2) is 11.6. The van der Waals surface area contributed by atoms with Crippen LogP contribution in [0.25, 0.3) is 0 Å². The van der Waals surface area contributed by atoms with Crippen LogP contribution < -0.4 is 4.74 Å². The Morgan fingerprint density at radius 1 is 1.12 bits per heavy atom. The van der Waals surface area contributed by atoms with Crippen LogP contribution in [-0.2, 0) is 30.2 Å². The van der Waals surface area contributed by atoms with Gasteiger partial charge in [0, 0.05) is 6.61 Å². The molecule has 26 heavy (non-hydrogen) atoms. The van der Waals surface area contributed by atoms with E-state index in [1.54, 1.807) is 0 Å². The van der Waals surface area contributed by atoms with Crippen LogP contribution in [0.3, 0.4) is 0 Å². The maximum Gasteiger partial charge on any atom is 0.313 e. The lowest BCUT2D eigenvalue weighted by molar-refractivity contribution is -0.162. The monoisotopic (exact) mass is 364 g/mol. The lowest BCUT2D eigenvalue weighted by Crippen LogP contribution is -2.22. The van der Waals surface area contributed by atoms with Crippen molar-refractivity contribution in [2.45, 2.75) is 51.7 Å². The van der Waals surface area contributed by atoms with Crippen LogP contribution in [0.5, 0.6) is 5.75 Å². The number of ether oxygens (including phenoxy) is 4. The summed E-state index contributed by atoms with van der Waals surface area (Å²) in [5, 5.41) is 0. The number of esters is 1. The number of benzene rings is 1. The Morgan fingerprint density at radius 2 is 1.92 bits per heavy atom. The first-order valence-corrected chi connectivity index (χ1v) is 9.23. The highest BCUT2D eigenvalue weighted by atomic mass is 16.7. The van der Waals surface area contributed by atoms with Crippen molar-refractivity contribution in [1.29, 1.82) is 0 Å². The molecule has 2 rings (SSSR count). The molecule has 144 valence electrons. The van der Waals surface area contributed by atoms with Crippen molar-refractivity contribution >= 4 is 11.8 Å². The average Bonchev–Trinajstić information content (AvgIpc) is 2.64. The van der Waals surface area contributed by atoms with Crippen molar-refractivity contribution in [1.82, 2.24) is 0 Å². The molecule has 6 nitrogen and oxygen atoms in total. The van der Waals surface area contributed by atoms with Gasteiger partial charge in [0.15, 0.2) is 6.29 Å². The van der Waals surface area contributed by atoms with Gasteiger partial charge in [0.1, 0.15) is 31.2 Å². The average molecular weight is 364 g/mol. The van der Waals surface area contributed by atoms with Crippen LogP contribution in [0.15, 0.2) is 24.3 Å². The number of rotatable bonds is 11. The normalized spacial score (nSPS) is 16.9. The van der Waals surface area contributed by atoms with Gasteiger partial charge in [-0.2, -0.15) is 0 Å². The van der Waals surface area contributed by atoms with Gasteiger partial charge >= 0.3 is 5.97 Å². The lowest BCUT2D eigenvalue weighted by Gasteiger charge is -2.22. The molecule has 0 aliphatic carbocycles. The van der Waals surface area contributed by atoms with Gasteiger partial charge in [-0.25, -0.2) is 0 Å². The van der Waals surface area contributed by atoms with E-state index in [2.05, 4.69) is 0 Å². The van der Waals surface area contributed by atoms with Crippen molar-refractivity contribution in [2.24, 2.45) is 0 Å². The number of Topliss-reactive ketones (excluding diaryl/α,β-unsaturated/α-hetero) is 1. The molecule has 1 fully saturated rings. The van der Waals surface area contributed by atoms with Crippen LogP contribution >= 0.6 is 0 Å². The molecule has 0 amide bonds. The topological polar surface area (TPSA) is 71.1 Å². The van der Waals surface area contributed by atoms with Crippen molar-refractivity contribution < 1.29 is 28.5 Å². The van der Waals surface area contributed by atoms with E-state index in [0.29, 0.717) is 6.61 Å². The quantitative estimate of drug-likeness (QED) is 0.341. The van der Waals surface area contributed by atoms with Gasteiger partial charge in [-0.05, 0) is 56.7 Å². The maximum absolute atomic E-state index is 11.2. The first-order chi connectivity index (χ1) is 12.6. The minimum Gasteiger partial charge on any atom is -0.490 e. The third-order valence-electron chi connectivity index (χ3n) is 3.98. The van der Waals surface area contributed by atoms with Gasteiger partial charge in [-0.15, -0.1) is 0 Å². The van der Waals surface area contributed by atoms with E-state index in [-0.39, 0.29) is 31.7 Å². The summed E-state index contributed by atoms with van der Waals surface area (Å²) in [6.07, 6.45) is 4.99. The SMILES string of the molecule is CC(=O)CC(=O)OCCOc1ccc(CCCOC2CCCCO2)cc1. The number of carbonyl (C=O) groups excluding carboxylic acids is 2. The molecule has 0 bridgehead atoms. The Morgan fingerprint density at radius 3 is 2.62 bits per heavy atom. The summed E-state index contributed by atoms with van der Waals surface area (Å²) in [5.74, 6) is 0.00342. The molecule has 1 aliphatic heterocycles. The standard InChI is InChI=1S/C20H28O6/c1-16(21)15-19(22)24-14-13-23-18-9-7-17(8-10-18)5-4-12-26-20-6-2-3-11-25-20/h7-10,20H,2-6,11-15H2,1H3. The minimum atomic E-state index is -0.516. The fraction of sp³-hybridized carbons (Fsp3) is 0.600. The van der Waals surface area contributed by atoms with E-state index in [9.17, 15) is 9.59 Å². The van der Waals surface area contributed by atoms with Crippen LogP contribution in [0.1, 0.15) is 44.6 Å². The van der Waals surface area contributed by atoms with Crippen molar-refractivity contribution in [3.8, 4) is 5.75 Å². The minimum absolute atomic E-state index is 0.0240.